The predicted molar refractivity (Wildman–Crippen MR) is 55.8 cm³/mol. The third kappa shape index (κ3) is 4.10. The summed E-state index contributed by atoms with van der Waals surface area (Å²) in [6.45, 7) is 0.400. The minimum Gasteiger partial charge on any atom is -0.469 e. The van der Waals surface area contributed by atoms with E-state index >= 15 is 0 Å². The Kier molecular flexibility index (Phi) is 4.80. The van der Waals surface area contributed by atoms with E-state index in [0.717, 1.165) is 11.1 Å². The largest absolute Gasteiger partial charge is 0.469 e. The van der Waals surface area contributed by atoms with Crippen molar-refractivity contribution in [1.82, 2.24) is 0 Å². The Labute approximate surface area is 88.9 Å². The van der Waals surface area contributed by atoms with E-state index in [9.17, 15) is 4.79 Å². The third-order valence-corrected chi connectivity index (χ3v) is 2.12. The van der Waals surface area contributed by atoms with Crippen LogP contribution in [0.1, 0.15) is 17.5 Å². The van der Waals surface area contributed by atoms with Crippen LogP contribution in [0.4, 0.5) is 0 Å². The second-order valence-electron chi connectivity index (χ2n) is 3.20. The molecular formula is C11H15NO3. The molecule has 0 saturated heterocycles. The van der Waals surface area contributed by atoms with Crippen molar-refractivity contribution in [2.45, 2.75) is 19.4 Å². The topological polar surface area (TPSA) is 61.5 Å². The number of carbonyl (C=O) groups is 1. The van der Waals surface area contributed by atoms with Gasteiger partial charge in [-0.15, -0.1) is 0 Å². The molecule has 4 heteroatoms. The monoisotopic (exact) mass is 209 g/mol. The molecule has 0 radical (unpaired) electrons. The lowest BCUT2D eigenvalue weighted by Gasteiger charge is -2.02. The fourth-order valence-electron chi connectivity index (χ4n) is 1.25. The summed E-state index contributed by atoms with van der Waals surface area (Å²) < 4.78 is 4.56. The van der Waals surface area contributed by atoms with Crippen molar-refractivity contribution >= 4 is 5.97 Å². The van der Waals surface area contributed by atoms with E-state index in [-0.39, 0.29) is 5.97 Å². The molecule has 0 amide bonds. The molecule has 1 rings (SSSR count). The standard InChI is InChI=1S/C11H15NO3/c1-14-11(13)7-6-9-2-4-10(5-3-9)8-15-12/h2-5H,6-8,12H2,1H3. The highest BCUT2D eigenvalue weighted by molar-refractivity contribution is 5.69. The smallest absolute Gasteiger partial charge is 0.305 e. The maximum absolute atomic E-state index is 10.9. The Morgan fingerprint density at radius 1 is 1.27 bits per heavy atom. The van der Waals surface area contributed by atoms with Gasteiger partial charge in [0.05, 0.1) is 13.7 Å². The number of hydrogen-bond donors (Lipinski definition) is 1. The molecule has 0 saturated carbocycles. The van der Waals surface area contributed by atoms with Crippen LogP contribution in [0.2, 0.25) is 0 Å². The van der Waals surface area contributed by atoms with Gasteiger partial charge in [0, 0.05) is 6.42 Å². The molecule has 1 aromatic rings. The zero-order chi connectivity index (χ0) is 11.1. The highest BCUT2D eigenvalue weighted by Gasteiger charge is 2.01. The minimum absolute atomic E-state index is 0.190. The number of aryl methyl sites for hydroxylation is 1. The number of esters is 1. The van der Waals surface area contributed by atoms with Gasteiger partial charge >= 0.3 is 5.97 Å². The zero-order valence-corrected chi connectivity index (χ0v) is 8.73. The van der Waals surface area contributed by atoms with E-state index in [1.165, 1.54) is 7.11 Å². The lowest BCUT2D eigenvalue weighted by Crippen LogP contribution is -2.02. The quantitative estimate of drug-likeness (QED) is 0.584. The van der Waals surface area contributed by atoms with Gasteiger partial charge in [-0.3, -0.25) is 9.63 Å². The fourth-order valence-corrected chi connectivity index (χ4v) is 1.25. The molecule has 0 aliphatic rings. The van der Waals surface area contributed by atoms with Crippen LogP contribution in [0.15, 0.2) is 24.3 Å². The first-order chi connectivity index (χ1) is 7.26. The molecular weight excluding hydrogens is 194 g/mol. The lowest BCUT2D eigenvalue weighted by molar-refractivity contribution is -0.140. The first-order valence-electron chi connectivity index (χ1n) is 4.72. The van der Waals surface area contributed by atoms with Gasteiger partial charge in [-0.05, 0) is 17.5 Å². The van der Waals surface area contributed by atoms with Crippen LogP contribution in [0.3, 0.4) is 0 Å². The van der Waals surface area contributed by atoms with Crippen LogP contribution >= 0.6 is 0 Å². The number of carbonyl (C=O) groups excluding carboxylic acids is 1. The van der Waals surface area contributed by atoms with Crippen molar-refractivity contribution in [3.63, 3.8) is 0 Å². The van der Waals surface area contributed by atoms with Crippen molar-refractivity contribution < 1.29 is 14.4 Å². The Balaban J connectivity index is 2.45. The summed E-state index contributed by atoms with van der Waals surface area (Å²) in [5, 5.41) is 0. The molecule has 0 bridgehead atoms. The van der Waals surface area contributed by atoms with Gasteiger partial charge in [-0.1, -0.05) is 24.3 Å². The average molecular weight is 209 g/mol. The van der Waals surface area contributed by atoms with Crippen molar-refractivity contribution in [2.75, 3.05) is 7.11 Å². The van der Waals surface area contributed by atoms with Crippen molar-refractivity contribution in [2.24, 2.45) is 5.90 Å². The van der Waals surface area contributed by atoms with E-state index in [1.54, 1.807) is 0 Å². The van der Waals surface area contributed by atoms with Crippen molar-refractivity contribution in [3.05, 3.63) is 35.4 Å². The second-order valence-corrected chi connectivity index (χ2v) is 3.20. The van der Waals surface area contributed by atoms with Crippen LogP contribution in [0, 0.1) is 0 Å². The highest BCUT2D eigenvalue weighted by atomic mass is 16.6. The first kappa shape index (κ1) is 11.7. The highest BCUT2D eigenvalue weighted by Crippen LogP contribution is 2.07. The van der Waals surface area contributed by atoms with Gasteiger partial charge in [0.15, 0.2) is 0 Å². The number of rotatable bonds is 5. The van der Waals surface area contributed by atoms with Crippen LogP contribution in [0.5, 0.6) is 0 Å². The van der Waals surface area contributed by atoms with E-state index < -0.39 is 0 Å². The maximum atomic E-state index is 10.9. The van der Waals surface area contributed by atoms with Gasteiger partial charge in [0.2, 0.25) is 0 Å². The normalized spacial score (nSPS) is 10.0. The molecule has 2 N–H and O–H groups in total. The van der Waals surface area contributed by atoms with Gasteiger partial charge in [-0.2, -0.15) is 0 Å². The van der Waals surface area contributed by atoms with E-state index in [4.69, 9.17) is 5.90 Å². The van der Waals surface area contributed by atoms with Crippen LogP contribution < -0.4 is 5.90 Å². The Hall–Kier alpha value is -1.39. The molecule has 82 valence electrons. The van der Waals surface area contributed by atoms with Crippen LogP contribution in [-0.2, 0) is 27.4 Å². The van der Waals surface area contributed by atoms with Gasteiger partial charge < -0.3 is 4.74 Å². The zero-order valence-electron chi connectivity index (χ0n) is 8.73. The number of hydrogen-bond acceptors (Lipinski definition) is 4. The van der Waals surface area contributed by atoms with E-state index in [0.29, 0.717) is 19.4 Å². The molecule has 0 atom stereocenters. The lowest BCUT2D eigenvalue weighted by atomic mass is 10.1. The summed E-state index contributed by atoms with van der Waals surface area (Å²) in [6.07, 6.45) is 1.10. The Morgan fingerprint density at radius 2 is 1.87 bits per heavy atom. The summed E-state index contributed by atoms with van der Waals surface area (Å²) in [7, 11) is 1.39. The van der Waals surface area contributed by atoms with Gasteiger partial charge in [0.25, 0.3) is 0 Å². The minimum atomic E-state index is -0.190. The number of methoxy groups -OCH3 is 1. The molecule has 4 nitrogen and oxygen atoms in total. The summed E-state index contributed by atoms with van der Waals surface area (Å²) in [6, 6.07) is 7.77. The first-order valence-corrected chi connectivity index (χ1v) is 4.72. The summed E-state index contributed by atoms with van der Waals surface area (Å²) >= 11 is 0. The van der Waals surface area contributed by atoms with Crippen LogP contribution in [0.25, 0.3) is 0 Å². The SMILES string of the molecule is COC(=O)CCc1ccc(CON)cc1. The van der Waals surface area contributed by atoms with Crippen LogP contribution in [-0.4, -0.2) is 13.1 Å². The summed E-state index contributed by atoms with van der Waals surface area (Å²) in [4.78, 5) is 15.4. The molecule has 1 aromatic carbocycles. The fraction of sp³-hybridized carbons (Fsp3) is 0.364. The van der Waals surface area contributed by atoms with E-state index in [1.807, 2.05) is 24.3 Å². The Morgan fingerprint density at radius 3 is 2.40 bits per heavy atom. The maximum Gasteiger partial charge on any atom is 0.305 e. The number of nitrogens with two attached hydrogens (primary N) is 1. The molecule has 15 heavy (non-hydrogen) atoms. The third-order valence-electron chi connectivity index (χ3n) is 2.12. The molecule has 0 fully saturated rings. The molecule has 0 spiro atoms. The van der Waals surface area contributed by atoms with E-state index in [2.05, 4.69) is 9.57 Å². The molecule has 0 aliphatic carbocycles. The second kappa shape index (κ2) is 6.16. The molecule has 0 aliphatic heterocycles. The number of ether oxygens (including phenoxy) is 1. The van der Waals surface area contributed by atoms with Gasteiger partial charge in [-0.25, -0.2) is 5.90 Å². The summed E-state index contributed by atoms with van der Waals surface area (Å²) in [5.74, 6) is 4.76. The predicted octanol–water partition coefficient (Wildman–Crippen LogP) is 1.18. The molecule has 0 unspecified atom stereocenters. The average Bonchev–Trinajstić information content (AvgIpc) is 2.28. The van der Waals surface area contributed by atoms with Crippen molar-refractivity contribution in [3.8, 4) is 0 Å². The van der Waals surface area contributed by atoms with Crippen molar-refractivity contribution in [1.29, 1.82) is 0 Å². The summed E-state index contributed by atoms with van der Waals surface area (Å²) in [5.41, 5.74) is 2.11. The Bertz CT molecular complexity index is 308. The number of benzene rings is 1. The molecule has 0 heterocycles. The molecule has 0 aromatic heterocycles. The van der Waals surface area contributed by atoms with Gasteiger partial charge in [0.1, 0.15) is 0 Å².